The van der Waals surface area contributed by atoms with Gasteiger partial charge in [-0.25, -0.2) is 4.39 Å². The normalized spacial score (nSPS) is 21.2. The molecular weight excluding hydrogens is 263 g/mol. The minimum atomic E-state index is -0.145. The lowest BCUT2D eigenvalue weighted by atomic mass is 9.73. The zero-order valence-electron chi connectivity index (χ0n) is 13.1. The van der Waals surface area contributed by atoms with Crippen molar-refractivity contribution in [1.29, 1.82) is 0 Å². The number of hydrogen-bond donors (Lipinski definition) is 1. The molecule has 0 radical (unpaired) electrons. The van der Waals surface area contributed by atoms with Crippen LogP contribution in [0.3, 0.4) is 0 Å². The third-order valence-electron chi connectivity index (χ3n) is 5.08. The zero-order chi connectivity index (χ0) is 14.7. The van der Waals surface area contributed by atoms with E-state index in [9.17, 15) is 4.39 Å². The fourth-order valence-corrected chi connectivity index (χ4v) is 3.65. The molecule has 1 N–H and O–H groups in total. The predicted molar refractivity (Wildman–Crippen MR) is 86.2 cm³/mol. The Morgan fingerprint density at radius 3 is 2.67 bits per heavy atom. The van der Waals surface area contributed by atoms with E-state index in [0.717, 1.165) is 24.8 Å². The summed E-state index contributed by atoms with van der Waals surface area (Å²) in [5.74, 6) is -0.145. The Kier molecular flexibility index (Phi) is 4.48. The Balaban J connectivity index is 1.67. The van der Waals surface area contributed by atoms with Crippen molar-refractivity contribution in [2.24, 2.45) is 5.41 Å². The molecule has 116 valence electrons. The second-order valence-corrected chi connectivity index (χ2v) is 7.05. The molecule has 0 aromatic heterocycles. The van der Waals surface area contributed by atoms with E-state index >= 15 is 0 Å². The van der Waals surface area contributed by atoms with E-state index in [-0.39, 0.29) is 5.82 Å². The maximum Gasteiger partial charge on any atom is 0.125 e. The predicted octanol–water partition coefficient (Wildman–Crippen LogP) is 3.96. The number of rotatable bonds is 6. The van der Waals surface area contributed by atoms with Gasteiger partial charge in [-0.15, -0.1) is 0 Å². The third kappa shape index (κ3) is 3.97. The van der Waals surface area contributed by atoms with Crippen molar-refractivity contribution in [3.8, 4) is 0 Å². The van der Waals surface area contributed by atoms with Gasteiger partial charge in [0.2, 0.25) is 0 Å². The molecule has 0 bridgehead atoms. The highest BCUT2D eigenvalue weighted by molar-refractivity contribution is 5.45. The van der Waals surface area contributed by atoms with Gasteiger partial charge in [-0.05, 0) is 43.9 Å². The van der Waals surface area contributed by atoms with Crippen molar-refractivity contribution in [2.75, 3.05) is 25.0 Å². The SMILES string of the molecule is CN(CC1(CNC2CC2)CCCCC1)c1cccc(F)c1. The fraction of sp³-hybridized carbons (Fsp3) is 0.667. The van der Waals surface area contributed by atoms with Crippen LogP contribution in [0.1, 0.15) is 44.9 Å². The molecule has 2 aliphatic rings. The highest BCUT2D eigenvalue weighted by Crippen LogP contribution is 2.38. The Hall–Kier alpha value is -1.09. The molecule has 1 aromatic rings. The maximum absolute atomic E-state index is 13.4. The molecule has 2 nitrogen and oxygen atoms in total. The Labute approximate surface area is 127 Å². The molecule has 0 saturated heterocycles. The number of anilines is 1. The van der Waals surface area contributed by atoms with E-state index in [4.69, 9.17) is 0 Å². The topological polar surface area (TPSA) is 15.3 Å². The number of nitrogens with zero attached hydrogens (tertiary/aromatic N) is 1. The van der Waals surface area contributed by atoms with Crippen molar-refractivity contribution < 1.29 is 4.39 Å². The first-order chi connectivity index (χ1) is 10.2. The van der Waals surface area contributed by atoms with E-state index in [1.165, 1.54) is 51.0 Å². The molecular formula is C18H27FN2. The van der Waals surface area contributed by atoms with Crippen LogP contribution in [0.25, 0.3) is 0 Å². The summed E-state index contributed by atoms with van der Waals surface area (Å²) in [6.07, 6.45) is 9.33. The summed E-state index contributed by atoms with van der Waals surface area (Å²) in [6.45, 7) is 2.15. The second kappa shape index (κ2) is 6.35. The van der Waals surface area contributed by atoms with Crippen molar-refractivity contribution in [1.82, 2.24) is 5.32 Å². The van der Waals surface area contributed by atoms with Gasteiger partial charge in [0.1, 0.15) is 5.82 Å². The second-order valence-electron chi connectivity index (χ2n) is 7.05. The molecule has 21 heavy (non-hydrogen) atoms. The lowest BCUT2D eigenvalue weighted by Gasteiger charge is -2.41. The van der Waals surface area contributed by atoms with Crippen molar-refractivity contribution in [3.63, 3.8) is 0 Å². The number of halogens is 1. The zero-order valence-corrected chi connectivity index (χ0v) is 13.1. The van der Waals surface area contributed by atoms with E-state index < -0.39 is 0 Å². The van der Waals surface area contributed by atoms with Crippen LogP contribution >= 0.6 is 0 Å². The van der Waals surface area contributed by atoms with Crippen molar-refractivity contribution in [3.05, 3.63) is 30.1 Å². The Bertz CT molecular complexity index is 464. The van der Waals surface area contributed by atoms with Gasteiger partial charge in [0, 0.05) is 37.3 Å². The molecule has 0 spiro atoms. The fourth-order valence-electron chi connectivity index (χ4n) is 3.65. The van der Waals surface area contributed by atoms with Gasteiger partial charge in [0.15, 0.2) is 0 Å². The largest absolute Gasteiger partial charge is 0.374 e. The van der Waals surface area contributed by atoms with Gasteiger partial charge in [-0.1, -0.05) is 25.3 Å². The van der Waals surface area contributed by atoms with Crippen LogP contribution in [0.2, 0.25) is 0 Å². The van der Waals surface area contributed by atoms with Crippen LogP contribution < -0.4 is 10.2 Å². The first-order valence-electron chi connectivity index (χ1n) is 8.37. The van der Waals surface area contributed by atoms with E-state index in [0.29, 0.717) is 5.41 Å². The third-order valence-corrected chi connectivity index (χ3v) is 5.08. The van der Waals surface area contributed by atoms with Gasteiger partial charge < -0.3 is 10.2 Å². The molecule has 0 amide bonds. The lowest BCUT2D eigenvalue weighted by Crippen LogP contribution is -2.45. The monoisotopic (exact) mass is 290 g/mol. The smallest absolute Gasteiger partial charge is 0.125 e. The van der Waals surface area contributed by atoms with Crippen LogP contribution in [-0.4, -0.2) is 26.2 Å². The van der Waals surface area contributed by atoms with Crippen LogP contribution in [0.15, 0.2) is 24.3 Å². The van der Waals surface area contributed by atoms with Gasteiger partial charge >= 0.3 is 0 Å². The average molecular weight is 290 g/mol. The number of hydrogen-bond acceptors (Lipinski definition) is 2. The average Bonchev–Trinajstić information content (AvgIpc) is 3.30. The molecule has 0 heterocycles. The molecule has 1 aromatic carbocycles. The molecule has 3 heteroatoms. The summed E-state index contributed by atoms with van der Waals surface area (Å²) in [5, 5.41) is 3.73. The highest BCUT2D eigenvalue weighted by Gasteiger charge is 2.35. The first-order valence-corrected chi connectivity index (χ1v) is 8.37. The molecule has 2 saturated carbocycles. The van der Waals surface area contributed by atoms with Gasteiger partial charge in [-0.2, -0.15) is 0 Å². The summed E-state index contributed by atoms with van der Waals surface area (Å²) in [5.41, 5.74) is 1.36. The van der Waals surface area contributed by atoms with Crippen LogP contribution in [-0.2, 0) is 0 Å². The Morgan fingerprint density at radius 1 is 1.24 bits per heavy atom. The highest BCUT2D eigenvalue weighted by atomic mass is 19.1. The van der Waals surface area contributed by atoms with E-state index in [2.05, 4.69) is 17.3 Å². The van der Waals surface area contributed by atoms with Gasteiger partial charge in [0.25, 0.3) is 0 Å². The summed E-state index contributed by atoms with van der Waals surface area (Å²) in [4.78, 5) is 2.24. The summed E-state index contributed by atoms with van der Waals surface area (Å²) in [6, 6.07) is 7.74. The number of nitrogens with one attached hydrogen (secondary N) is 1. The molecule has 2 fully saturated rings. The van der Waals surface area contributed by atoms with E-state index in [1.807, 2.05) is 6.07 Å². The summed E-state index contributed by atoms with van der Waals surface area (Å²) in [7, 11) is 2.10. The van der Waals surface area contributed by atoms with E-state index in [1.54, 1.807) is 12.1 Å². The summed E-state index contributed by atoms with van der Waals surface area (Å²) < 4.78 is 13.4. The van der Waals surface area contributed by atoms with Gasteiger partial charge in [-0.3, -0.25) is 0 Å². The maximum atomic E-state index is 13.4. The van der Waals surface area contributed by atoms with Crippen LogP contribution in [0.4, 0.5) is 10.1 Å². The molecule has 2 aliphatic carbocycles. The van der Waals surface area contributed by atoms with Crippen molar-refractivity contribution >= 4 is 5.69 Å². The van der Waals surface area contributed by atoms with Crippen LogP contribution in [0.5, 0.6) is 0 Å². The summed E-state index contributed by atoms with van der Waals surface area (Å²) >= 11 is 0. The first kappa shape index (κ1) is 14.8. The molecule has 3 rings (SSSR count). The molecule has 0 atom stereocenters. The standard InChI is InChI=1S/C18H27FN2/c1-21(17-7-5-6-15(19)12-17)14-18(10-3-2-4-11-18)13-20-16-8-9-16/h5-7,12,16,20H,2-4,8-11,13-14H2,1H3. The van der Waals surface area contributed by atoms with Crippen LogP contribution in [0, 0.1) is 11.2 Å². The van der Waals surface area contributed by atoms with Gasteiger partial charge in [0.05, 0.1) is 0 Å². The minimum Gasteiger partial charge on any atom is -0.374 e. The molecule has 0 aliphatic heterocycles. The lowest BCUT2D eigenvalue weighted by molar-refractivity contribution is 0.188. The quantitative estimate of drug-likeness (QED) is 0.853. The Morgan fingerprint density at radius 2 is 2.00 bits per heavy atom. The minimum absolute atomic E-state index is 0.145. The number of benzene rings is 1. The van der Waals surface area contributed by atoms with Crippen molar-refractivity contribution in [2.45, 2.75) is 51.0 Å². The molecule has 0 unspecified atom stereocenters.